The van der Waals surface area contributed by atoms with Crippen LogP contribution in [-0.2, 0) is 4.79 Å². The Labute approximate surface area is 192 Å². The summed E-state index contributed by atoms with van der Waals surface area (Å²) in [6.07, 6.45) is 5.33. The molecule has 0 spiro atoms. The fourth-order valence-electron chi connectivity index (χ4n) is 3.03. The molecule has 178 valence electrons. The van der Waals surface area contributed by atoms with Crippen molar-refractivity contribution in [2.75, 3.05) is 13.1 Å². The van der Waals surface area contributed by atoms with Crippen molar-refractivity contribution in [2.45, 2.75) is 39.2 Å². The molecule has 11 heteroatoms. The molecule has 0 saturated heterocycles. The molecule has 0 aliphatic heterocycles. The average molecular weight is 458 g/mol. The lowest BCUT2D eigenvalue weighted by atomic mass is 10.1. The Morgan fingerprint density at radius 3 is 2.42 bits per heavy atom. The van der Waals surface area contributed by atoms with Gasteiger partial charge in [0.15, 0.2) is 5.03 Å². The van der Waals surface area contributed by atoms with Gasteiger partial charge in [-0.3, -0.25) is 9.59 Å². The van der Waals surface area contributed by atoms with Crippen molar-refractivity contribution in [1.82, 2.24) is 20.6 Å². The number of hydrogen-bond acceptors (Lipinski definition) is 5. The summed E-state index contributed by atoms with van der Waals surface area (Å²) in [7, 11) is 0. The summed E-state index contributed by atoms with van der Waals surface area (Å²) in [5.74, 6) is -0.530. The van der Waals surface area contributed by atoms with Crippen LogP contribution in [-0.4, -0.2) is 46.5 Å². The summed E-state index contributed by atoms with van der Waals surface area (Å²) < 4.78 is 1.92. The van der Waals surface area contributed by atoms with E-state index in [9.17, 15) is 19.7 Å². The summed E-state index contributed by atoms with van der Waals surface area (Å²) in [6.45, 7) is 4.80. The van der Waals surface area contributed by atoms with E-state index in [-0.39, 0.29) is 24.3 Å². The second kappa shape index (κ2) is 12.8. The lowest BCUT2D eigenvalue weighted by molar-refractivity contribution is -0.525. The van der Waals surface area contributed by atoms with Crippen LogP contribution in [0.1, 0.15) is 43.5 Å². The molecule has 2 amide bonds. The molecule has 0 saturated carbocycles. The monoisotopic (exact) mass is 457 g/mol. The van der Waals surface area contributed by atoms with Crippen LogP contribution in [0.15, 0.2) is 53.8 Å². The Bertz CT molecular complexity index is 940. The molecule has 1 heterocycles. The van der Waals surface area contributed by atoms with E-state index < -0.39 is 11.1 Å². The Hall–Kier alpha value is -3.89. The Morgan fingerprint density at radius 1 is 1.15 bits per heavy atom. The summed E-state index contributed by atoms with van der Waals surface area (Å²) in [4.78, 5) is 39.7. The second-order valence-corrected chi connectivity index (χ2v) is 7.91. The first-order chi connectivity index (χ1) is 15.8. The van der Waals surface area contributed by atoms with Crippen molar-refractivity contribution in [3.63, 3.8) is 0 Å². The number of hydrogen-bond donors (Lipinski definition) is 4. The summed E-state index contributed by atoms with van der Waals surface area (Å²) in [5.41, 5.74) is 8.50. The number of nitrogens with two attached hydrogens (primary N) is 1. The smallest absolute Gasteiger partial charge is 0.251 e. The van der Waals surface area contributed by atoms with Gasteiger partial charge in [-0.2, -0.15) is 0 Å². The van der Waals surface area contributed by atoms with E-state index in [0.29, 0.717) is 30.9 Å². The molecular formula is C22H31N7O4. The maximum atomic E-state index is 12.8. The maximum Gasteiger partial charge on any atom is 0.251 e. The van der Waals surface area contributed by atoms with Crippen LogP contribution >= 0.6 is 0 Å². The molecule has 0 radical (unpaired) electrons. The van der Waals surface area contributed by atoms with Gasteiger partial charge in [0.25, 0.3) is 11.9 Å². The topological polar surface area (TPSA) is 157 Å². The highest BCUT2D eigenvalue weighted by Gasteiger charge is 2.21. The molecule has 5 N–H and O–H groups in total. The fourth-order valence-corrected chi connectivity index (χ4v) is 3.03. The van der Waals surface area contributed by atoms with Gasteiger partial charge >= 0.3 is 0 Å². The van der Waals surface area contributed by atoms with Crippen molar-refractivity contribution in [2.24, 2.45) is 16.6 Å². The zero-order valence-electron chi connectivity index (χ0n) is 18.9. The van der Waals surface area contributed by atoms with E-state index >= 15 is 0 Å². The highest BCUT2D eigenvalue weighted by atomic mass is 16.7. The fraction of sp³-hybridized carbons (Fsp3) is 0.409. The van der Waals surface area contributed by atoms with Crippen molar-refractivity contribution >= 4 is 17.8 Å². The minimum absolute atomic E-state index is 0.171. The molecule has 11 nitrogen and oxygen atoms in total. The van der Waals surface area contributed by atoms with E-state index in [1.54, 1.807) is 17.6 Å². The Kier molecular flexibility index (Phi) is 9.87. The SMILES string of the molecule is CC(C)CCNC(=O)[C@H](CCCN=C(N)N[N+](=O)[O-])NC(=O)c1ccc(-n2cccc2)cc1. The molecule has 0 fully saturated rings. The van der Waals surface area contributed by atoms with E-state index in [1.165, 1.54) is 0 Å². The predicted octanol–water partition coefficient (Wildman–Crippen LogP) is 1.61. The highest BCUT2D eigenvalue weighted by molar-refractivity contribution is 5.97. The molecule has 2 rings (SSSR count). The number of carbonyl (C=O) groups excluding carboxylic acids is 2. The van der Waals surface area contributed by atoms with Gasteiger partial charge in [-0.25, -0.2) is 15.1 Å². The average Bonchev–Trinajstić information content (AvgIpc) is 3.30. The Morgan fingerprint density at radius 2 is 1.82 bits per heavy atom. The van der Waals surface area contributed by atoms with Crippen LogP contribution in [0.3, 0.4) is 0 Å². The highest BCUT2D eigenvalue weighted by Crippen LogP contribution is 2.11. The zero-order valence-corrected chi connectivity index (χ0v) is 18.9. The van der Waals surface area contributed by atoms with Crippen molar-refractivity contribution in [1.29, 1.82) is 0 Å². The quantitative estimate of drug-likeness (QED) is 0.125. The van der Waals surface area contributed by atoms with Crippen LogP contribution < -0.4 is 21.8 Å². The molecule has 0 aliphatic rings. The number of benzene rings is 1. The lowest BCUT2D eigenvalue weighted by Gasteiger charge is -2.19. The van der Waals surface area contributed by atoms with Gasteiger partial charge in [-0.05, 0) is 61.6 Å². The number of carbonyl (C=O) groups is 2. The van der Waals surface area contributed by atoms with Gasteiger partial charge in [0.2, 0.25) is 5.91 Å². The minimum Gasteiger partial charge on any atom is -0.365 e. The molecule has 1 aromatic heterocycles. The third kappa shape index (κ3) is 9.01. The van der Waals surface area contributed by atoms with Gasteiger partial charge < -0.3 is 20.9 Å². The van der Waals surface area contributed by atoms with Crippen LogP contribution in [0.5, 0.6) is 0 Å². The van der Waals surface area contributed by atoms with Crippen LogP contribution in [0.25, 0.3) is 5.69 Å². The van der Waals surface area contributed by atoms with E-state index in [1.807, 2.05) is 41.2 Å². The van der Waals surface area contributed by atoms with Gasteiger partial charge in [-0.15, -0.1) is 0 Å². The molecule has 1 atom stereocenters. The molecule has 0 aliphatic carbocycles. The standard InChI is InChI=1S/C22H31N7O4/c1-16(2)11-13-24-21(31)19(6-5-12-25-22(23)27-29(32)33)26-20(30)17-7-9-18(10-8-17)28-14-3-4-15-28/h3-4,7-10,14-16,19H,5-6,11-13H2,1-2H3,(H,24,31)(H,26,30)(H3,23,25,27)/t19-/m0/s1. The number of aromatic nitrogens is 1. The number of nitrogens with zero attached hydrogens (tertiary/aromatic N) is 3. The molecule has 1 aromatic carbocycles. The third-order valence-electron chi connectivity index (χ3n) is 4.81. The number of nitrogens with one attached hydrogen (secondary N) is 3. The number of hydrazine groups is 1. The van der Waals surface area contributed by atoms with E-state index in [0.717, 1.165) is 12.1 Å². The summed E-state index contributed by atoms with van der Waals surface area (Å²) in [6, 6.07) is 10.1. The molecular weight excluding hydrogens is 426 g/mol. The lowest BCUT2D eigenvalue weighted by Crippen LogP contribution is -2.47. The number of nitro groups is 1. The molecule has 33 heavy (non-hydrogen) atoms. The van der Waals surface area contributed by atoms with Gasteiger partial charge in [0, 0.05) is 36.7 Å². The Balaban J connectivity index is 1.99. The van der Waals surface area contributed by atoms with Gasteiger partial charge in [0.1, 0.15) is 6.04 Å². The maximum absolute atomic E-state index is 12.8. The summed E-state index contributed by atoms with van der Waals surface area (Å²) in [5, 5.41) is 15.2. The zero-order chi connectivity index (χ0) is 24.2. The van der Waals surface area contributed by atoms with Gasteiger partial charge in [-0.1, -0.05) is 19.3 Å². The van der Waals surface area contributed by atoms with Gasteiger partial charge in [0.05, 0.1) is 0 Å². The second-order valence-electron chi connectivity index (χ2n) is 7.91. The van der Waals surface area contributed by atoms with Crippen LogP contribution in [0.2, 0.25) is 0 Å². The van der Waals surface area contributed by atoms with E-state index in [4.69, 9.17) is 5.73 Å². The van der Waals surface area contributed by atoms with Crippen molar-refractivity contribution in [3.8, 4) is 5.69 Å². The first kappa shape index (κ1) is 25.4. The number of amides is 2. The molecule has 0 unspecified atom stereocenters. The van der Waals surface area contributed by atoms with Crippen LogP contribution in [0.4, 0.5) is 0 Å². The van der Waals surface area contributed by atoms with Crippen molar-refractivity contribution < 1.29 is 14.6 Å². The number of guanidine groups is 1. The largest absolute Gasteiger partial charge is 0.365 e. The number of aliphatic imine (C=N–C) groups is 1. The molecule has 2 aromatic rings. The first-order valence-corrected chi connectivity index (χ1v) is 10.8. The predicted molar refractivity (Wildman–Crippen MR) is 125 cm³/mol. The van der Waals surface area contributed by atoms with Crippen LogP contribution in [0, 0.1) is 16.0 Å². The summed E-state index contributed by atoms with van der Waals surface area (Å²) >= 11 is 0. The third-order valence-corrected chi connectivity index (χ3v) is 4.81. The van der Waals surface area contributed by atoms with E-state index in [2.05, 4.69) is 29.5 Å². The number of rotatable bonds is 12. The normalized spacial score (nSPS) is 12.3. The molecule has 0 bridgehead atoms. The minimum atomic E-state index is -0.800. The van der Waals surface area contributed by atoms with Crippen molar-refractivity contribution in [3.05, 3.63) is 64.5 Å². The first-order valence-electron chi connectivity index (χ1n) is 10.8.